The van der Waals surface area contributed by atoms with E-state index in [2.05, 4.69) is 25.9 Å². The highest BCUT2D eigenvalue weighted by Gasteiger charge is 2.36. The number of para-hydroxylation sites is 1. The second-order valence-corrected chi connectivity index (χ2v) is 15.4. The van der Waals surface area contributed by atoms with E-state index in [0.29, 0.717) is 29.2 Å². The Morgan fingerprint density at radius 2 is 1.64 bits per heavy atom. The zero-order valence-corrected chi connectivity index (χ0v) is 32.2. The average Bonchev–Trinajstić information content (AvgIpc) is 3.64. The first-order chi connectivity index (χ1) is 25.3. The van der Waals surface area contributed by atoms with Gasteiger partial charge in [0.2, 0.25) is 17.7 Å². The van der Waals surface area contributed by atoms with E-state index < -0.39 is 53.7 Å². The molecule has 1 heterocycles. The summed E-state index contributed by atoms with van der Waals surface area (Å²) in [7, 11) is 1.56. The maximum Gasteiger partial charge on any atom is 0.415 e. The molecule has 0 aliphatic heterocycles. The molecule has 5 N–H and O–H groups in total. The smallest absolute Gasteiger partial charge is 0.415 e. The van der Waals surface area contributed by atoms with Gasteiger partial charge in [-0.05, 0) is 76.6 Å². The Kier molecular flexibility index (Phi) is 15.3. The summed E-state index contributed by atoms with van der Waals surface area (Å²) in [6.07, 6.45) is 7.53. The molecule has 288 valence electrons. The summed E-state index contributed by atoms with van der Waals surface area (Å²) in [5.41, 5.74) is 0.959. The van der Waals surface area contributed by atoms with Gasteiger partial charge in [-0.15, -0.1) is 0 Å². The minimum absolute atomic E-state index is 0.0468. The van der Waals surface area contributed by atoms with Gasteiger partial charge in [0.25, 0.3) is 0 Å². The Hall–Kier alpha value is -4.42. The van der Waals surface area contributed by atoms with E-state index in [4.69, 9.17) is 16.3 Å². The van der Waals surface area contributed by atoms with Crippen LogP contribution >= 0.6 is 11.6 Å². The predicted octanol–water partition coefficient (Wildman–Crippen LogP) is 5.73. The molecule has 1 fully saturated rings. The van der Waals surface area contributed by atoms with Crippen LogP contribution in [0.15, 0.2) is 67.1 Å². The van der Waals surface area contributed by atoms with Gasteiger partial charge in [-0.2, -0.15) is 0 Å². The molecule has 2 unspecified atom stereocenters. The van der Waals surface area contributed by atoms with Crippen molar-refractivity contribution in [3.05, 3.63) is 83.4 Å². The number of rotatable bonds is 16. The van der Waals surface area contributed by atoms with Crippen LogP contribution in [0.25, 0.3) is 0 Å². The van der Waals surface area contributed by atoms with Crippen molar-refractivity contribution in [2.45, 2.75) is 115 Å². The minimum Gasteiger partial charge on any atom is -0.443 e. The summed E-state index contributed by atoms with van der Waals surface area (Å²) in [4.78, 5) is 63.3. The van der Waals surface area contributed by atoms with E-state index in [9.17, 15) is 24.3 Å². The number of aliphatic hydroxyl groups excluding tert-OH is 1. The number of anilines is 1. The van der Waals surface area contributed by atoms with Crippen molar-refractivity contribution in [1.29, 1.82) is 0 Å². The highest BCUT2D eigenvalue weighted by atomic mass is 35.5. The molecule has 3 aromatic rings. The third-order valence-corrected chi connectivity index (χ3v) is 10.0. The molecular formula is C40H55ClN6O6. The van der Waals surface area contributed by atoms with Gasteiger partial charge in [-0.3, -0.25) is 19.3 Å². The van der Waals surface area contributed by atoms with Crippen LogP contribution in [-0.4, -0.2) is 75.8 Å². The number of aromatic nitrogens is 2. The zero-order valence-electron chi connectivity index (χ0n) is 31.4. The number of nitrogens with one attached hydrogen (secondary N) is 4. The fraction of sp³-hybridized carbons (Fsp3) is 0.525. The average molecular weight is 751 g/mol. The van der Waals surface area contributed by atoms with Gasteiger partial charge >= 0.3 is 6.09 Å². The second-order valence-electron chi connectivity index (χ2n) is 15.0. The van der Waals surface area contributed by atoms with Crippen LogP contribution in [0.2, 0.25) is 5.02 Å². The topological polar surface area (TPSA) is 166 Å². The predicted molar refractivity (Wildman–Crippen MR) is 205 cm³/mol. The number of benzene rings is 2. The largest absolute Gasteiger partial charge is 0.443 e. The molecule has 1 saturated carbocycles. The molecule has 12 nitrogen and oxygen atoms in total. The first-order valence-electron chi connectivity index (χ1n) is 18.5. The second kappa shape index (κ2) is 19.6. The number of aliphatic hydroxyl groups is 1. The molecule has 1 aliphatic rings. The number of aromatic amines is 1. The third kappa shape index (κ3) is 12.6. The molecule has 0 saturated heterocycles. The summed E-state index contributed by atoms with van der Waals surface area (Å²) < 4.78 is 5.66. The van der Waals surface area contributed by atoms with E-state index in [0.717, 1.165) is 37.7 Å². The highest BCUT2D eigenvalue weighted by molar-refractivity contribution is 6.31. The van der Waals surface area contributed by atoms with Crippen LogP contribution in [0.5, 0.6) is 0 Å². The fourth-order valence-electron chi connectivity index (χ4n) is 6.87. The molecule has 5 atom stereocenters. The molecule has 13 heteroatoms. The number of nitrogens with zero attached hydrogens (tertiary/aromatic N) is 2. The first kappa shape index (κ1) is 41.3. The zero-order chi connectivity index (χ0) is 38.5. The van der Waals surface area contributed by atoms with Crippen LogP contribution < -0.4 is 20.9 Å². The molecule has 0 bridgehead atoms. The highest BCUT2D eigenvalue weighted by Crippen LogP contribution is 2.30. The Morgan fingerprint density at radius 1 is 0.962 bits per heavy atom. The lowest BCUT2D eigenvalue weighted by Crippen LogP contribution is -2.57. The number of hydrogen-bond acceptors (Lipinski definition) is 7. The Bertz CT molecular complexity index is 1630. The van der Waals surface area contributed by atoms with Gasteiger partial charge < -0.3 is 30.8 Å². The standard InChI is InChI=1S/C40H55ClN6O6/c1-26(47(31-17-10-7-11-18-31)39(52)53-40(2,3)4)36(49)46-34(23-30-24-43-25-44-30)38(51)45-33(20-27-14-8-6-9-15-27)35(48)22-29(37(50)42-5)21-28-16-12-13-19-32(28)41/h7,10-13,16-19,24-27,29,33-35,48H,6,8-9,14-15,20-23H2,1-5H3,(H,42,50)(H,43,44)(H,45,51)(H,46,49)/t26?,29-,33+,34?,35+/m1/s1. The van der Waals surface area contributed by atoms with Gasteiger partial charge in [0.15, 0.2) is 0 Å². The minimum atomic E-state index is -1.11. The van der Waals surface area contributed by atoms with Crippen LogP contribution in [0.1, 0.15) is 83.9 Å². The maximum atomic E-state index is 14.3. The number of imidazole rings is 1. The molecular weight excluding hydrogens is 696 g/mol. The van der Waals surface area contributed by atoms with Gasteiger partial charge in [-0.25, -0.2) is 9.78 Å². The Morgan fingerprint density at radius 3 is 2.26 bits per heavy atom. The van der Waals surface area contributed by atoms with Crippen molar-refractivity contribution < 1.29 is 29.0 Å². The molecule has 2 aromatic carbocycles. The molecule has 0 spiro atoms. The number of H-pyrrole nitrogens is 1. The van der Waals surface area contributed by atoms with Crippen LogP contribution in [0, 0.1) is 11.8 Å². The normalized spacial score (nSPS) is 16.4. The summed E-state index contributed by atoms with van der Waals surface area (Å²) in [6.45, 7) is 6.81. The van der Waals surface area contributed by atoms with E-state index in [-0.39, 0.29) is 24.7 Å². The summed E-state index contributed by atoms with van der Waals surface area (Å²) >= 11 is 6.45. The fourth-order valence-corrected chi connectivity index (χ4v) is 7.08. The van der Waals surface area contributed by atoms with Gasteiger partial charge in [0.1, 0.15) is 17.7 Å². The quantitative estimate of drug-likeness (QED) is 0.125. The van der Waals surface area contributed by atoms with E-state index in [1.165, 1.54) is 11.2 Å². The lowest BCUT2D eigenvalue weighted by Gasteiger charge is -2.33. The number of carbonyl (C=O) groups is 4. The summed E-state index contributed by atoms with van der Waals surface area (Å²) in [5.74, 6) is -1.67. The monoisotopic (exact) mass is 750 g/mol. The van der Waals surface area contributed by atoms with Gasteiger partial charge in [-0.1, -0.05) is 80.1 Å². The van der Waals surface area contributed by atoms with Gasteiger partial charge in [0, 0.05) is 36.3 Å². The van der Waals surface area contributed by atoms with Gasteiger partial charge in [0.05, 0.1) is 24.2 Å². The van der Waals surface area contributed by atoms with Crippen molar-refractivity contribution in [3.8, 4) is 0 Å². The number of carbonyl (C=O) groups excluding carboxylic acids is 4. The Labute approximate surface area is 317 Å². The van der Waals surface area contributed by atoms with Crippen LogP contribution in [0.3, 0.4) is 0 Å². The first-order valence-corrected chi connectivity index (χ1v) is 18.9. The number of hydrogen-bond donors (Lipinski definition) is 5. The van der Waals surface area contributed by atoms with E-state index >= 15 is 0 Å². The SMILES string of the molecule is CNC(=O)[C@H](Cc1ccccc1Cl)C[C@H](O)[C@H](CC1CCCCC1)NC(=O)C(Cc1c[nH]cn1)NC(=O)C(C)N(C(=O)OC(C)(C)C)c1ccccc1. The Balaban J connectivity index is 1.59. The molecule has 4 rings (SSSR count). The van der Waals surface area contributed by atoms with E-state index in [1.807, 2.05) is 18.2 Å². The van der Waals surface area contributed by atoms with E-state index in [1.54, 1.807) is 77.3 Å². The molecule has 4 amide bonds. The van der Waals surface area contributed by atoms with Crippen molar-refractivity contribution in [3.63, 3.8) is 0 Å². The summed E-state index contributed by atoms with van der Waals surface area (Å²) in [5, 5.41) is 21.0. The lowest BCUT2D eigenvalue weighted by atomic mass is 9.81. The number of ether oxygens (including phenoxy) is 1. The van der Waals surface area contributed by atoms with Crippen molar-refractivity contribution in [2.75, 3.05) is 11.9 Å². The number of amides is 4. The van der Waals surface area contributed by atoms with Crippen LogP contribution in [0.4, 0.5) is 10.5 Å². The lowest BCUT2D eigenvalue weighted by molar-refractivity contribution is -0.130. The molecule has 53 heavy (non-hydrogen) atoms. The summed E-state index contributed by atoms with van der Waals surface area (Å²) in [6, 6.07) is 13.1. The van der Waals surface area contributed by atoms with Crippen LogP contribution in [-0.2, 0) is 32.0 Å². The molecule has 1 aromatic heterocycles. The van der Waals surface area contributed by atoms with Crippen molar-refractivity contribution >= 4 is 41.1 Å². The number of halogens is 1. The third-order valence-electron chi connectivity index (χ3n) is 9.66. The molecule has 0 radical (unpaired) electrons. The maximum absolute atomic E-state index is 14.3. The molecule has 1 aliphatic carbocycles. The van der Waals surface area contributed by atoms with Crippen molar-refractivity contribution in [1.82, 2.24) is 25.9 Å². The van der Waals surface area contributed by atoms with Crippen molar-refractivity contribution in [2.24, 2.45) is 11.8 Å².